The molecule has 1 N–H and O–H groups in total. The Labute approximate surface area is 126 Å². The van der Waals surface area contributed by atoms with E-state index in [-0.39, 0.29) is 0 Å². The Hall–Kier alpha value is -2.35. The zero-order chi connectivity index (χ0) is 15.8. The van der Waals surface area contributed by atoms with Gasteiger partial charge in [-0.15, -0.1) is 0 Å². The van der Waals surface area contributed by atoms with Crippen molar-refractivity contribution in [1.82, 2.24) is 0 Å². The predicted molar refractivity (Wildman–Crippen MR) is 90.0 cm³/mol. The summed E-state index contributed by atoms with van der Waals surface area (Å²) >= 11 is 0. The molecule has 0 aliphatic heterocycles. The van der Waals surface area contributed by atoms with Crippen molar-refractivity contribution in [2.45, 2.75) is 27.7 Å². The predicted octanol–water partition coefficient (Wildman–Crippen LogP) is 5.10. The third kappa shape index (κ3) is 4.92. The average Bonchev–Trinajstić information content (AvgIpc) is 2.45. The zero-order valence-electron chi connectivity index (χ0n) is 13.1. The van der Waals surface area contributed by atoms with Gasteiger partial charge in [0.05, 0.1) is 0 Å². The van der Waals surface area contributed by atoms with Crippen LogP contribution in [0.25, 0.3) is 11.6 Å². The molecule has 0 aliphatic carbocycles. The third-order valence-electron chi connectivity index (χ3n) is 3.07. The molecular formula is C19H22O2. The quantitative estimate of drug-likeness (QED) is 0.602. The molecule has 2 nitrogen and oxygen atoms in total. The first-order valence-corrected chi connectivity index (χ1v) is 6.98. The first kappa shape index (κ1) is 16.7. The van der Waals surface area contributed by atoms with E-state index < -0.39 is 5.97 Å². The Morgan fingerprint density at radius 3 is 2.38 bits per heavy atom. The first-order valence-electron chi connectivity index (χ1n) is 6.98. The number of allylic oxidation sites excluding steroid dienone is 6. The van der Waals surface area contributed by atoms with Gasteiger partial charge in [-0.2, -0.15) is 0 Å². The summed E-state index contributed by atoms with van der Waals surface area (Å²) < 4.78 is 0. The van der Waals surface area contributed by atoms with Gasteiger partial charge in [-0.1, -0.05) is 42.0 Å². The Morgan fingerprint density at radius 1 is 1.14 bits per heavy atom. The third-order valence-corrected chi connectivity index (χ3v) is 3.07. The highest BCUT2D eigenvalue weighted by molar-refractivity contribution is 5.86. The summed E-state index contributed by atoms with van der Waals surface area (Å²) in [6.45, 7) is 8.20. The summed E-state index contributed by atoms with van der Waals surface area (Å²) in [5, 5.41) is 8.72. The number of rotatable bonds is 5. The molecule has 0 unspecified atom stereocenters. The molecule has 1 aromatic carbocycles. The van der Waals surface area contributed by atoms with Gasteiger partial charge in [0.25, 0.3) is 0 Å². The van der Waals surface area contributed by atoms with Crippen LogP contribution in [0.15, 0.2) is 59.7 Å². The topological polar surface area (TPSA) is 37.3 Å². The highest BCUT2D eigenvalue weighted by Gasteiger charge is 2.06. The lowest BCUT2D eigenvalue weighted by Gasteiger charge is -2.12. The zero-order valence-corrected chi connectivity index (χ0v) is 13.1. The van der Waals surface area contributed by atoms with E-state index >= 15 is 0 Å². The maximum atomic E-state index is 10.6. The second kappa shape index (κ2) is 8.05. The van der Waals surface area contributed by atoms with Gasteiger partial charge < -0.3 is 5.11 Å². The van der Waals surface area contributed by atoms with Crippen LogP contribution in [0, 0.1) is 0 Å². The van der Waals surface area contributed by atoms with Crippen LogP contribution < -0.4 is 0 Å². The van der Waals surface area contributed by atoms with Crippen LogP contribution in [0.2, 0.25) is 0 Å². The fourth-order valence-corrected chi connectivity index (χ4v) is 2.15. The molecule has 0 atom stereocenters. The highest BCUT2D eigenvalue weighted by atomic mass is 16.4. The van der Waals surface area contributed by atoms with Gasteiger partial charge in [-0.3, -0.25) is 0 Å². The van der Waals surface area contributed by atoms with E-state index in [2.05, 4.69) is 26.0 Å². The normalized spacial score (nSPS) is 12.1. The number of carboxylic acid groups (broad SMARTS) is 1. The van der Waals surface area contributed by atoms with Crippen molar-refractivity contribution < 1.29 is 9.90 Å². The molecule has 0 heterocycles. The van der Waals surface area contributed by atoms with Gasteiger partial charge >= 0.3 is 5.97 Å². The van der Waals surface area contributed by atoms with E-state index in [1.807, 2.05) is 44.2 Å². The fraction of sp³-hybridized carbons (Fsp3) is 0.211. The Kier molecular flexibility index (Phi) is 6.41. The number of carboxylic acids is 1. The van der Waals surface area contributed by atoms with Crippen LogP contribution in [0.5, 0.6) is 0 Å². The molecule has 0 amide bonds. The molecule has 0 radical (unpaired) electrons. The SMILES string of the molecule is C/C=C\C(=C(C)C)/C(=C\C)c1cccc(/C=C/C(=O)O)c1. The number of hydrogen-bond acceptors (Lipinski definition) is 1. The summed E-state index contributed by atoms with van der Waals surface area (Å²) in [7, 11) is 0. The van der Waals surface area contributed by atoms with E-state index in [0.29, 0.717) is 0 Å². The molecule has 0 aliphatic rings. The maximum absolute atomic E-state index is 10.6. The average molecular weight is 282 g/mol. The van der Waals surface area contributed by atoms with Crippen LogP contribution in [0.1, 0.15) is 38.8 Å². The summed E-state index contributed by atoms with van der Waals surface area (Å²) in [6, 6.07) is 7.88. The van der Waals surface area contributed by atoms with Crippen LogP contribution in [-0.4, -0.2) is 11.1 Å². The van der Waals surface area contributed by atoms with Gasteiger partial charge in [0.15, 0.2) is 0 Å². The lowest BCUT2D eigenvalue weighted by molar-refractivity contribution is -0.131. The molecule has 1 aromatic rings. The van der Waals surface area contributed by atoms with E-state index in [1.54, 1.807) is 6.08 Å². The summed E-state index contributed by atoms with van der Waals surface area (Å²) in [5.41, 5.74) is 5.55. The van der Waals surface area contributed by atoms with Gasteiger partial charge in [0, 0.05) is 6.08 Å². The van der Waals surface area contributed by atoms with E-state index in [4.69, 9.17) is 5.11 Å². The van der Waals surface area contributed by atoms with E-state index in [0.717, 1.165) is 22.8 Å². The number of aliphatic carboxylic acids is 1. The van der Waals surface area contributed by atoms with Gasteiger partial charge in [-0.05, 0) is 62.1 Å². The molecular weight excluding hydrogens is 260 g/mol. The van der Waals surface area contributed by atoms with Crippen LogP contribution >= 0.6 is 0 Å². The minimum Gasteiger partial charge on any atom is -0.478 e. The van der Waals surface area contributed by atoms with Crippen LogP contribution in [-0.2, 0) is 4.79 Å². The maximum Gasteiger partial charge on any atom is 0.328 e. The highest BCUT2D eigenvalue weighted by Crippen LogP contribution is 2.27. The molecule has 2 heteroatoms. The van der Waals surface area contributed by atoms with Gasteiger partial charge in [0.2, 0.25) is 0 Å². The lowest BCUT2D eigenvalue weighted by atomic mass is 9.93. The Morgan fingerprint density at radius 2 is 1.86 bits per heavy atom. The number of hydrogen-bond donors (Lipinski definition) is 1. The summed E-state index contributed by atoms with van der Waals surface area (Å²) in [5.74, 6) is -0.939. The second-order valence-electron chi connectivity index (χ2n) is 4.91. The number of carbonyl (C=O) groups is 1. The second-order valence-corrected chi connectivity index (χ2v) is 4.91. The van der Waals surface area contributed by atoms with Crippen LogP contribution in [0.3, 0.4) is 0 Å². The fourth-order valence-electron chi connectivity index (χ4n) is 2.15. The molecule has 110 valence electrons. The monoisotopic (exact) mass is 282 g/mol. The molecule has 0 fully saturated rings. The molecule has 21 heavy (non-hydrogen) atoms. The molecule has 1 rings (SSSR count). The van der Waals surface area contributed by atoms with E-state index in [9.17, 15) is 4.79 Å². The molecule has 0 saturated carbocycles. The van der Waals surface area contributed by atoms with Crippen molar-refractivity contribution in [2.24, 2.45) is 0 Å². The smallest absolute Gasteiger partial charge is 0.328 e. The minimum atomic E-state index is -0.939. The lowest BCUT2D eigenvalue weighted by Crippen LogP contribution is -1.91. The van der Waals surface area contributed by atoms with Gasteiger partial charge in [-0.25, -0.2) is 4.79 Å². The largest absolute Gasteiger partial charge is 0.478 e. The van der Waals surface area contributed by atoms with Crippen LogP contribution in [0.4, 0.5) is 0 Å². The van der Waals surface area contributed by atoms with Crippen molar-refractivity contribution in [2.75, 3.05) is 0 Å². The van der Waals surface area contributed by atoms with Crippen molar-refractivity contribution in [3.05, 3.63) is 70.8 Å². The summed E-state index contributed by atoms with van der Waals surface area (Å²) in [4.78, 5) is 10.6. The molecule has 0 saturated heterocycles. The first-order chi connectivity index (χ1) is 9.99. The van der Waals surface area contributed by atoms with Crippen molar-refractivity contribution >= 4 is 17.6 Å². The standard InChI is InChI=1S/C19H22O2/c1-5-8-18(14(3)4)17(6-2)16-10-7-9-15(13-16)11-12-19(20)21/h5-13H,1-4H3,(H,20,21)/b8-5-,12-11+,17-6-. The van der Waals surface area contributed by atoms with Gasteiger partial charge in [0.1, 0.15) is 0 Å². The Bertz CT molecular complexity index is 625. The molecule has 0 spiro atoms. The van der Waals surface area contributed by atoms with E-state index in [1.165, 1.54) is 11.1 Å². The Balaban J connectivity index is 3.28. The molecule has 0 aromatic heterocycles. The van der Waals surface area contributed by atoms with Crippen molar-refractivity contribution in [1.29, 1.82) is 0 Å². The van der Waals surface area contributed by atoms with Crippen molar-refractivity contribution in [3.63, 3.8) is 0 Å². The molecule has 0 bridgehead atoms. The minimum absolute atomic E-state index is 0.878. The summed E-state index contributed by atoms with van der Waals surface area (Å²) in [6.07, 6.45) is 8.98. The van der Waals surface area contributed by atoms with Crippen molar-refractivity contribution in [3.8, 4) is 0 Å². The number of benzene rings is 1.